The van der Waals surface area contributed by atoms with Gasteiger partial charge in [0.15, 0.2) is 0 Å². The Labute approximate surface area is 140 Å². The van der Waals surface area contributed by atoms with Gasteiger partial charge in [-0.1, -0.05) is 11.6 Å². The van der Waals surface area contributed by atoms with E-state index in [0.29, 0.717) is 31.6 Å². The first-order valence-corrected chi connectivity index (χ1v) is 9.31. The lowest BCUT2D eigenvalue weighted by Crippen LogP contribution is -2.47. The maximum atomic E-state index is 13.1. The first kappa shape index (κ1) is 18.0. The van der Waals surface area contributed by atoms with Crippen molar-refractivity contribution in [2.24, 2.45) is 0 Å². The van der Waals surface area contributed by atoms with E-state index in [9.17, 15) is 17.6 Å². The Hall–Kier alpha value is -1.38. The molecule has 0 spiro atoms. The standard InChI is InChI=1S/C14H19ClFN3O3S/c1-2-23(21,22)19-7-5-10(6-8-19)17-14(20)18-11-3-4-13(16)12(15)9-11/h3-4,9-10H,2,5-8H2,1H3,(H2,17,18,20). The number of hydrogen-bond donors (Lipinski definition) is 2. The van der Waals surface area contributed by atoms with Gasteiger partial charge in [0.2, 0.25) is 10.0 Å². The lowest BCUT2D eigenvalue weighted by atomic mass is 10.1. The van der Waals surface area contributed by atoms with E-state index in [0.717, 1.165) is 0 Å². The van der Waals surface area contributed by atoms with Crippen molar-refractivity contribution in [3.05, 3.63) is 29.0 Å². The number of anilines is 1. The zero-order valence-corrected chi connectivity index (χ0v) is 14.3. The van der Waals surface area contributed by atoms with Gasteiger partial charge >= 0.3 is 6.03 Å². The number of rotatable bonds is 4. The monoisotopic (exact) mass is 363 g/mol. The van der Waals surface area contributed by atoms with Crippen molar-refractivity contribution in [1.82, 2.24) is 9.62 Å². The molecule has 1 aliphatic heterocycles. The third kappa shape index (κ3) is 4.79. The Morgan fingerprint density at radius 1 is 1.39 bits per heavy atom. The van der Waals surface area contributed by atoms with Crippen molar-refractivity contribution < 1.29 is 17.6 Å². The average Bonchev–Trinajstić information content (AvgIpc) is 2.51. The molecule has 2 N–H and O–H groups in total. The van der Waals surface area contributed by atoms with Gasteiger partial charge in [0.25, 0.3) is 0 Å². The van der Waals surface area contributed by atoms with Crippen LogP contribution in [-0.2, 0) is 10.0 Å². The van der Waals surface area contributed by atoms with Crippen molar-refractivity contribution in [2.75, 3.05) is 24.2 Å². The zero-order chi connectivity index (χ0) is 17.0. The first-order chi connectivity index (χ1) is 10.8. The van der Waals surface area contributed by atoms with Gasteiger partial charge in [-0.25, -0.2) is 21.9 Å². The predicted molar refractivity (Wildman–Crippen MR) is 87.6 cm³/mol. The van der Waals surface area contributed by atoms with Gasteiger partial charge in [0.1, 0.15) is 5.82 Å². The molecule has 0 bridgehead atoms. The van der Waals surface area contributed by atoms with Crippen molar-refractivity contribution in [1.29, 1.82) is 0 Å². The number of urea groups is 1. The Kier molecular flexibility index (Phi) is 5.83. The van der Waals surface area contributed by atoms with E-state index in [1.54, 1.807) is 6.92 Å². The predicted octanol–water partition coefficient (Wildman–Crippen LogP) is 2.41. The number of nitrogens with zero attached hydrogens (tertiary/aromatic N) is 1. The van der Waals surface area contributed by atoms with Crippen LogP contribution in [0.1, 0.15) is 19.8 Å². The van der Waals surface area contributed by atoms with Gasteiger partial charge in [-0.15, -0.1) is 0 Å². The van der Waals surface area contributed by atoms with E-state index in [1.165, 1.54) is 22.5 Å². The third-order valence-corrected chi connectivity index (χ3v) is 5.90. The summed E-state index contributed by atoms with van der Waals surface area (Å²) in [4.78, 5) is 11.9. The van der Waals surface area contributed by atoms with Gasteiger partial charge in [-0.3, -0.25) is 0 Å². The molecule has 128 valence electrons. The molecule has 0 aromatic heterocycles. The summed E-state index contributed by atoms with van der Waals surface area (Å²) >= 11 is 5.65. The number of sulfonamides is 1. The van der Waals surface area contributed by atoms with E-state index in [2.05, 4.69) is 10.6 Å². The highest BCUT2D eigenvalue weighted by Crippen LogP contribution is 2.19. The second kappa shape index (κ2) is 7.46. The topological polar surface area (TPSA) is 78.5 Å². The molecule has 23 heavy (non-hydrogen) atoms. The summed E-state index contributed by atoms with van der Waals surface area (Å²) in [5, 5.41) is 5.29. The molecule has 1 heterocycles. The zero-order valence-electron chi connectivity index (χ0n) is 12.7. The minimum Gasteiger partial charge on any atom is -0.335 e. The number of piperidine rings is 1. The summed E-state index contributed by atoms with van der Waals surface area (Å²) in [6.07, 6.45) is 1.10. The van der Waals surface area contributed by atoms with E-state index in [1.807, 2.05) is 0 Å². The molecular formula is C14H19ClFN3O3S. The minimum absolute atomic E-state index is 0.0686. The molecular weight excluding hydrogens is 345 g/mol. The molecule has 1 saturated heterocycles. The lowest BCUT2D eigenvalue weighted by Gasteiger charge is -2.31. The van der Waals surface area contributed by atoms with Crippen molar-refractivity contribution >= 4 is 33.3 Å². The molecule has 2 rings (SSSR count). The number of benzene rings is 1. The average molecular weight is 364 g/mol. The molecule has 0 aliphatic carbocycles. The number of carbonyl (C=O) groups is 1. The minimum atomic E-state index is -3.18. The lowest BCUT2D eigenvalue weighted by molar-refractivity contribution is 0.238. The van der Waals surface area contributed by atoms with E-state index in [4.69, 9.17) is 11.6 Å². The van der Waals surface area contributed by atoms with Crippen LogP contribution in [0.5, 0.6) is 0 Å². The molecule has 2 amide bonds. The Morgan fingerprint density at radius 2 is 2.04 bits per heavy atom. The van der Waals surface area contributed by atoms with Crippen LogP contribution in [0.2, 0.25) is 5.02 Å². The van der Waals surface area contributed by atoms with Crippen LogP contribution in [0.3, 0.4) is 0 Å². The molecule has 0 unspecified atom stereocenters. The van der Waals surface area contributed by atoms with Crippen LogP contribution in [0, 0.1) is 5.82 Å². The molecule has 0 atom stereocenters. The number of amides is 2. The second-order valence-corrected chi connectivity index (χ2v) is 7.97. The van der Waals surface area contributed by atoms with Crippen LogP contribution < -0.4 is 10.6 Å². The maximum absolute atomic E-state index is 13.1. The van der Waals surface area contributed by atoms with Crippen molar-refractivity contribution in [2.45, 2.75) is 25.8 Å². The number of hydrogen-bond acceptors (Lipinski definition) is 3. The highest BCUT2D eigenvalue weighted by Gasteiger charge is 2.27. The normalized spacial score (nSPS) is 17.0. The van der Waals surface area contributed by atoms with E-state index >= 15 is 0 Å². The van der Waals surface area contributed by atoms with Crippen LogP contribution in [0.4, 0.5) is 14.9 Å². The fourth-order valence-corrected chi connectivity index (χ4v) is 3.70. The molecule has 1 aromatic carbocycles. The summed E-state index contributed by atoms with van der Waals surface area (Å²) in [5.41, 5.74) is 0.389. The smallest absolute Gasteiger partial charge is 0.319 e. The Balaban J connectivity index is 1.84. The Morgan fingerprint density at radius 3 is 2.61 bits per heavy atom. The van der Waals surface area contributed by atoms with Gasteiger partial charge < -0.3 is 10.6 Å². The fraction of sp³-hybridized carbons (Fsp3) is 0.500. The van der Waals surface area contributed by atoms with Crippen molar-refractivity contribution in [3.63, 3.8) is 0 Å². The van der Waals surface area contributed by atoms with Crippen LogP contribution >= 0.6 is 11.6 Å². The van der Waals surface area contributed by atoms with E-state index < -0.39 is 21.9 Å². The highest BCUT2D eigenvalue weighted by molar-refractivity contribution is 7.89. The summed E-state index contributed by atoms with van der Waals surface area (Å²) in [6.45, 7) is 2.40. The molecule has 1 fully saturated rings. The van der Waals surface area contributed by atoms with Gasteiger partial charge in [0, 0.05) is 24.8 Å². The van der Waals surface area contributed by atoms with E-state index in [-0.39, 0.29) is 16.8 Å². The van der Waals surface area contributed by atoms with Crippen LogP contribution in [0.25, 0.3) is 0 Å². The molecule has 0 radical (unpaired) electrons. The summed E-state index contributed by atoms with van der Waals surface area (Å²) in [6, 6.07) is 3.38. The molecule has 9 heteroatoms. The van der Waals surface area contributed by atoms with Gasteiger partial charge in [-0.05, 0) is 38.0 Å². The molecule has 1 aromatic rings. The SMILES string of the molecule is CCS(=O)(=O)N1CCC(NC(=O)Nc2ccc(F)c(Cl)c2)CC1. The van der Waals surface area contributed by atoms with Crippen LogP contribution in [0.15, 0.2) is 18.2 Å². The number of carbonyl (C=O) groups excluding carboxylic acids is 1. The molecule has 0 saturated carbocycles. The maximum Gasteiger partial charge on any atom is 0.319 e. The highest BCUT2D eigenvalue weighted by atomic mass is 35.5. The number of nitrogens with one attached hydrogen (secondary N) is 2. The quantitative estimate of drug-likeness (QED) is 0.862. The number of halogens is 2. The first-order valence-electron chi connectivity index (χ1n) is 7.32. The summed E-state index contributed by atoms with van der Waals surface area (Å²) in [7, 11) is -3.18. The largest absolute Gasteiger partial charge is 0.335 e. The second-order valence-electron chi connectivity index (χ2n) is 5.30. The van der Waals surface area contributed by atoms with Gasteiger partial charge in [0.05, 0.1) is 10.8 Å². The molecule has 6 nitrogen and oxygen atoms in total. The third-order valence-electron chi connectivity index (χ3n) is 3.72. The fourth-order valence-electron chi connectivity index (χ4n) is 2.39. The Bertz CT molecular complexity index is 676. The summed E-state index contributed by atoms with van der Waals surface area (Å²) < 4.78 is 38.0. The molecule has 1 aliphatic rings. The van der Waals surface area contributed by atoms with Crippen molar-refractivity contribution in [3.8, 4) is 0 Å². The van der Waals surface area contributed by atoms with Gasteiger partial charge in [-0.2, -0.15) is 0 Å². The summed E-state index contributed by atoms with van der Waals surface area (Å²) in [5.74, 6) is -0.473. The van der Waals surface area contributed by atoms with Crippen LogP contribution in [-0.4, -0.2) is 43.6 Å².